The first-order chi connectivity index (χ1) is 7.60. The molecule has 0 aliphatic heterocycles. The molecule has 0 radical (unpaired) electrons. The van der Waals surface area contributed by atoms with E-state index in [2.05, 4.69) is 0 Å². The third kappa shape index (κ3) is 3.14. The van der Waals surface area contributed by atoms with E-state index < -0.39 is 0 Å². The van der Waals surface area contributed by atoms with Gasteiger partial charge in [-0.3, -0.25) is 4.79 Å². The number of nitrogens with zero attached hydrogens (tertiary/aromatic N) is 1. The minimum atomic E-state index is -0.171. The molecule has 1 aromatic rings. The van der Waals surface area contributed by atoms with Crippen LogP contribution < -0.4 is 0 Å². The number of rotatable bonds is 4. The predicted molar refractivity (Wildman–Crippen MR) is 67.3 cm³/mol. The van der Waals surface area contributed by atoms with Crippen molar-refractivity contribution in [3.05, 3.63) is 28.8 Å². The standard InChI is InChI=1S/C11H14ClNO2S/c1-13(5-6-14)11(15)9-7-8(16-2)3-4-10(9)12/h3-4,7,14H,5-6H2,1-2H3. The van der Waals surface area contributed by atoms with Crippen LogP contribution in [-0.2, 0) is 0 Å². The van der Waals surface area contributed by atoms with Gasteiger partial charge in [-0.1, -0.05) is 11.6 Å². The van der Waals surface area contributed by atoms with E-state index >= 15 is 0 Å². The molecule has 0 bridgehead atoms. The molecule has 0 spiro atoms. The molecule has 16 heavy (non-hydrogen) atoms. The Morgan fingerprint density at radius 1 is 1.56 bits per heavy atom. The lowest BCUT2D eigenvalue weighted by atomic mass is 10.2. The SMILES string of the molecule is CSc1ccc(Cl)c(C(=O)N(C)CCO)c1. The molecule has 0 fully saturated rings. The zero-order valence-electron chi connectivity index (χ0n) is 9.24. The summed E-state index contributed by atoms with van der Waals surface area (Å²) in [7, 11) is 1.64. The van der Waals surface area contributed by atoms with Gasteiger partial charge in [0.2, 0.25) is 0 Å². The normalized spacial score (nSPS) is 10.2. The van der Waals surface area contributed by atoms with Gasteiger partial charge in [0.15, 0.2) is 0 Å². The van der Waals surface area contributed by atoms with E-state index in [1.807, 2.05) is 12.3 Å². The average Bonchev–Trinajstić information content (AvgIpc) is 2.29. The molecular weight excluding hydrogens is 246 g/mol. The summed E-state index contributed by atoms with van der Waals surface area (Å²) in [5.74, 6) is -0.171. The Bertz CT molecular complexity index is 384. The Labute approximate surface area is 104 Å². The Kier molecular flexibility index (Phi) is 5.12. The lowest BCUT2D eigenvalue weighted by molar-refractivity contribution is 0.0767. The van der Waals surface area contributed by atoms with Gasteiger partial charge >= 0.3 is 0 Å². The molecule has 3 nitrogen and oxygen atoms in total. The lowest BCUT2D eigenvalue weighted by Gasteiger charge is -2.16. The summed E-state index contributed by atoms with van der Waals surface area (Å²) in [4.78, 5) is 14.4. The van der Waals surface area contributed by atoms with Gasteiger partial charge in [0, 0.05) is 18.5 Å². The van der Waals surface area contributed by atoms with Crippen LogP contribution in [0, 0.1) is 0 Å². The van der Waals surface area contributed by atoms with Crippen LogP contribution in [-0.4, -0.2) is 42.4 Å². The maximum Gasteiger partial charge on any atom is 0.255 e. The minimum Gasteiger partial charge on any atom is -0.395 e. The molecule has 1 amide bonds. The molecule has 1 N–H and O–H groups in total. The van der Waals surface area contributed by atoms with Crippen molar-refractivity contribution in [2.75, 3.05) is 26.5 Å². The zero-order chi connectivity index (χ0) is 12.1. The molecule has 1 rings (SSSR count). The minimum absolute atomic E-state index is 0.0535. The van der Waals surface area contributed by atoms with Gasteiger partial charge in [0.1, 0.15) is 0 Å². The first-order valence-corrected chi connectivity index (χ1v) is 6.40. The maximum absolute atomic E-state index is 11.9. The number of hydrogen-bond acceptors (Lipinski definition) is 3. The second-order valence-electron chi connectivity index (χ2n) is 3.30. The highest BCUT2D eigenvalue weighted by atomic mass is 35.5. The third-order valence-electron chi connectivity index (χ3n) is 2.19. The molecule has 0 unspecified atom stereocenters. The number of aliphatic hydroxyl groups is 1. The van der Waals surface area contributed by atoms with E-state index in [0.29, 0.717) is 17.1 Å². The lowest BCUT2D eigenvalue weighted by Crippen LogP contribution is -2.29. The van der Waals surface area contributed by atoms with Crippen LogP contribution in [0.15, 0.2) is 23.1 Å². The Morgan fingerprint density at radius 3 is 2.81 bits per heavy atom. The third-order valence-corrected chi connectivity index (χ3v) is 3.24. The van der Waals surface area contributed by atoms with Gasteiger partial charge in [-0.15, -0.1) is 11.8 Å². The van der Waals surface area contributed by atoms with Crippen molar-refractivity contribution in [1.29, 1.82) is 0 Å². The Morgan fingerprint density at radius 2 is 2.25 bits per heavy atom. The molecule has 1 aromatic carbocycles. The van der Waals surface area contributed by atoms with Crippen molar-refractivity contribution >= 4 is 29.3 Å². The number of likely N-dealkylation sites (N-methyl/N-ethyl adjacent to an activating group) is 1. The fourth-order valence-electron chi connectivity index (χ4n) is 1.25. The van der Waals surface area contributed by atoms with E-state index in [1.54, 1.807) is 30.9 Å². The zero-order valence-corrected chi connectivity index (χ0v) is 10.8. The van der Waals surface area contributed by atoms with Crippen molar-refractivity contribution in [3.63, 3.8) is 0 Å². The second kappa shape index (κ2) is 6.13. The van der Waals surface area contributed by atoms with Crippen LogP contribution in [0.3, 0.4) is 0 Å². The molecule has 0 aliphatic rings. The van der Waals surface area contributed by atoms with E-state index in [4.69, 9.17) is 16.7 Å². The number of aliphatic hydroxyl groups excluding tert-OH is 1. The van der Waals surface area contributed by atoms with Crippen molar-refractivity contribution in [1.82, 2.24) is 4.90 Å². The van der Waals surface area contributed by atoms with E-state index in [9.17, 15) is 4.79 Å². The highest BCUT2D eigenvalue weighted by Crippen LogP contribution is 2.23. The molecule has 0 saturated heterocycles. The summed E-state index contributed by atoms with van der Waals surface area (Å²) >= 11 is 7.53. The van der Waals surface area contributed by atoms with Gasteiger partial charge in [-0.25, -0.2) is 0 Å². The van der Waals surface area contributed by atoms with Crippen LogP contribution in [0.25, 0.3) is 0 Å². The van der Waals surface area contributed by atoms with E-state index in [1.165, 1.54) is 4.90 Å². The van der Waals surface area contributed by atoms with Crippen molar-refractivity contribution in [2.24, 2.45) is 0 Å². The van der Waals surface area contributed by atoms with E-state index in [-0.39, 0.29) is 12.5 Å². The fourth-order valence-corrected chi connectivity index (χ4v) is 1.89. The summed E-state index contributed by atoms with van der Waals surface area (Å²) in [5.41, 5.74) is 0.476. The van der Waals surface area contributed by atoms with Crippen LogP contribution in [0.1, 0.15) is 10.4 Å². The molecule has 0 aromatic heterocycles. The summed E-state index contributed by atoms with van der Waals surface area (Å²) in [5, 5.41) is 9.21. The maximum atomic E-state index is 11.9. The second-order valence-corrected chi connectivity index (χ2v) is 4.58. The molecule has 5 heteroatoms. The first-order valence-electron chi connectivity index (χ1n) is 4.80. The summed E-state index contributed by atoms with van der Waals surface area (Å²) < 4.78 is 0. The number of thioether (sulfide) groups is 1. The number of halogens is 1. The molecule has 0 atom stereocenters. The first kappa shape index (κ1) is 13.4. The highest BCUT2D eigenvalue weighted by molar-refractivity contribution is 7.98. The molecular formula is C11H14ClNO2S. The molecule has 88 valence electrons. The number of carbonyl (C=O) groups is 1. The number of carbonyl (C=O) groups excluding carboxylic acids is 1. The van der Waals surface area contributed by atoms with Crippen LogP contribution in [0.4, 0.5) is 0 Å². The highest BCUT2D eigenvalue weighted by Gasteiger charge is 2.15. The van der Waals surface area contributed by atoms with E-state index in [0.717, 1.165) is 4.90 Å². The van der Waals surface area contributed by atoms with Crippen molar-refractivity contribution in [3.8, 4) is 0 Å². The predicted octanol–water partition coefficient (Wildman–Crippen LogP) is 2.13. The van der Waals surface area contributed by atoms with Crippen LogP contribution in [0.5, 0.6) is 0 Å². The molecule has 0 heterocycles. The van der Waals surface area contributed by atoms with Gasteiger partial charge in [0.25, 0.3) is 5.91 Å². The van der Waals surface area contributed by atoms with Gasteiger partial charge < -0.3 is 10.0 Å². The quantitative estimate of drug-likeness (QED) is 0.842. The smallest absolute Gasteiger partial charge is 0.255 e. The fraction of sp³-hybridized carbons (Fsp3) is 0.364. The Hall–Kier alpha value is -0.710. The van der Waals surface area contributed by atoms with Crippen LogP contribution in [0.2, 0.25) is 5.02 Å². The van der Waals surface area contributed by atoms with Crippen molar-refractivity contribution in [2.45, 2.75) is 4.90 Å². The summed E-state index contributed by atoms with van der Waals surface area (Å²) in [6.07, 6.45) is 1.94. The average molecular weight is 260 g/mol. The topological polar surface area (TPSA) is 40.5 Å². The summed E-state index contributed by atoms with van der Waals surface area (Å²) in [6, 6.07) is 5.35. The van der Waals surface area contributed by atoms with Gasteiger partial charge in [0.05, 0.1) is 17.2 Å². The number of benzene rings is 1. The van der Waals surface area contributed by atoms with Crippen LogP contribution >= 0.6 is 23.4 Å². The van der Waals surface area contributed by atoms with Crippen molar-refractivity contribution < 1.29 is 9.90 Å². The number of hydrogen-bond donors (Lipinski definition) is 1. The largest absolute Gasteiger partial charge is 0.395 e. The molecule has 0 saturated carbocycles. The van der Waals surface area contributed by atoms with Gasteiger partial charge in [-0.05, 0) is 24.5 Å². The number of amides is 1. The monoisotopic (exact) mass is 259 g/mol. The molecule has 0 aliphatic carbocycles. The Balaban J connectivity index is 2.97. The van der Waals surface area contributed by atoms with Gasteiger partial charge in [-0.2, -0.15) is 0 Å². The summed E-state index contributed by atoms with van der Waals surface area (Å²) in [6.45, 7) is 0.251.